The highest BCUT2D eigenvalue weighted by molar-refractivity contribution is 5.98. The predicted molar refractivity (Wildman–Crippen MR) is 119 cm³/mol. The average Bonchev–Trinajstić information content (AvgIpc) is 2.74. The smallest absolute Gasteiger partial charge is 0.241 e. The highest BCUT2D eigenvalue weighted by Crippen LogP contribution is 2.22. The van der Waals surface area contributed by atoms with Crippen LogP contribution in [0.5, 0.6) is 5.75 Å². The molecule has 0 aromatic heterocycles. The molecule has 1 aliphatic heterocycles. The summed E-state index contributed by atoms with van der Waals surface area (Å²) in [5.74, 6) is 0.855. The molecule has 0 bridgehead atoms. The Kier molecular flexibility index (Phi) is 7.24. The lowest BCUT2D eigenvalue weighted by atomic mass is 10.1. The fourth-order valence-electron chi connectivity index (χ4n) is 3.81. The summed E-state index contributed by atoms with van der Waals surface area (Å²) in [6, 6.07) is 13.1. The molecule has 0 radical (unpaired) electrons. The molecule has 1 heterocycles. The highest BCUT2D eigenvalue weighted by atomic mass is 16.5. The first-order chi connectivity index (χ1) is 14.4. The number of rotatable bonds is 7. The summed E-state index contributed by atoms with van der Waals surface area (Å²) in [4.78, 5) is 28.9. The van der Waals surface area contributed by atoms with Crippen LogP contribution in [0, 0.1) is 6.92 Å². The molecule has 0 aliphatic carbocycles. The number of methoxy groups -OCH3 is 1. The monoisotopic (exact) mass is 409 g/mol. The number of carbonyl (C=O) groups excluding carboxylic acids is 2. The van der Waals surface area contributed by atoms with Gasteiger partial charge in [0, 0.05) is 49.5 Å². The first kappa shape index (κ1) is 22.0. The van der Waals surface area contributed by atoms with Crippen molar-refractivity contribution >= 4 is 17.4 Å². The standard InChI is InChI=1S/C24H31N3O3/c1-17-8-9-23(30-4)21(14-17)16-26-10-12-27(13-11-26)18(2)24(29)25-22-7-5-6-20(15-22)19(3)28/h5-9,14-15,18H,10-13,16H2,1-4H3,(H,25,29)/t18-/m1/s1. The third-order valence-electron chi connectivity index (χ3n) is 5.70. The van der Waals surface area contributed by atoms with Gasteiger partial charge >= 0.3 is 0 Å². The number of Topliss-reactive ketones (excluding diaryl/α,β-unsaturated/α-hetero) is 1. The zero-order chi connectivity index (χ0) is 21.7. The molecular formula is C24H31N3O3. The Bertz CT molecular complexity index is 904. The minimum atomic E-state index is -0.235. The van der Waals surface area contributed by atoms with Crippen LogP contribution in [0.2, 0.25) is 0 Å². The van der Waals surface area contributed by atoms with Gasteiger partial charge in [0.1, 0.15) is 5.75 Å². The van der Waals surface area contributed by atoms with E-state index in [1.165, 1.54) is 18.1 Å². The summed E-state index contributed by atoms with van der Waals surface area (Å²) in [6.07, 6.45) is 0. The number of benzene rings is 2. The van der Waals surface area contributed by atoms with Gasteiger partial charge in [-0.05, 0) is 39.0 Å². The molecule has 1 N–H and O–H groups in total. The van der Waals surface area contributed by atoms with Crippen LogP contribution in [0.15, 0.2) is 42.5 Å². The SMILES string of the molecule is COc1ccc(C)cc1CN1CCN([C@H](C)C(=O)Nc2cccc(C(C)=O)c2)CC1. The molecular weight excluding hydrogens is 378 g/mol. The average molecular weight is 410 g/mol. The van der Waals surface area contributed by atoms with Gasteiger partial charge in [-0.15, -0.1) is 0 Å². The van der Waals surface area contributed by atoms with Crippen molar-refractivity contribution in [1.82, 2.24) is 9.80 Å². The van der Waals surface area contributed by atoms with Crippen molar-refractivity contribution in [3.8, 4) is 5.75 Å². The first-order valence-corrected chi connectivity index (χ1v) is 10.4. The Labute approximate surface area is 178 Å². The van der Waals surface area contributed by atoms with E-state index in [2.05, 4.69) is 34.2 Å². The van der Waals surface area contributed by atoms with E-state index >= 15 is 0 Å². The largest absolute Gasteiger partial charge is 0.496 e. The maximum Gasteiger partial charge on any atom is 0.241 e. The fourth-order valence-corrected chi connectivity index (χ4v) is 3.81. The molecule has 1 fully saturated rings. The number of hydrogen-bond acceptors (Lipinski definition) is 5. The van der Waals surface area contributed by atoms with Crippen molar-refractivity contribution in [3.63, 3.8) is 0 Å². The van der Waals surface area contributed by atoms with Crippen molar-refractivity contribution < 1.29 is 14.3 Å². The van der Waals surface area contributed by atoms with Crippen LogP contribution in [0.1, 0.15) is 35.3 Å². The summed E-state index contributed by atoms with van der Waals surface area (Å²) in [5, 5.41) is 2.94. The fraction of sp³-hybridized carbons (Fsp3) is 0.417. The van der Waals surface area contributed by atoms with Gasteiger partial charge < -0.3 is 10.1 Å². The Hall–Kier alpha value is -2.70. The van der Waals surface area contributed by atoms with E-state index in [0.717, 1.165) is 38.5 Å². The molecule has 0 spiro atoms. The van der Waals surface area contributed by atoms with Crippen molar-refractivity contribution in [2.45, 2.75) is 33.4 Å². The maximum absolute atomic E-state index is 12.7. The molecule has 2 aromatic rings. The van der Waals surface area contributed by atoms with Crippen molar-refractivity contribution in [1.29, 1.82) is 0 Å². The molecule has 6 heteroatoms. The van der Waals surface area contributed by atoms with Crippen LogP contribution in [0.4, 0.5) is 5.69 Å². The molecule has 3 rings (SSSR count). The molecule has 1 amide bonds. The third kappa shape index (κ3) is 5.46. The molecule has 1 saturated heterocycles. The zero-order valence-electron chi connectivity index (χ0n) is 18.3. The molecule has 1 atom stereocenters. The molecule has 0 unspecified atom stereocenters. The van der Waals surface area contributed by atoms with E-state index < -0.39 is 0 Å². The second-order valence-electron chi connectivity index (χ2n) is 7.93. The zero-order valence-corrected chi connectivity index (χ0v) is 18.3. The Balaban J connectivity index is 1.54. The van der Waals surface area contributed by atoms with Gasteiger partial charge in [0.25, 0.3) is 0 Å². The maximum atomic E-state index is 12.7. The lowest BCUT2D eigenvalue weighted by Gasteiger charge is -2.37. The van der Waals surface area contributed by atoms with Gasteiger partial charge in [0.2, 0.25) is 5.91 Å². The summed E-state index contributed by atoms with van der Waals surface area (Å²) in [5.41, 5.74) is 3.68. The van der Waals surface area contributed by atoms with Gasteiger partial charge in [-0.1, -0.05) is 29.8 Å². The normalized spacial score (nSPS) is 16.1. The van der Waals surface area contributed by atoms with Crippen LogP contribution in [-0.4, -0.2) is 60.8 Å². The minimum Gasteiger partial charge on any atom is -0.496 e. The molecule has 2 aromatic carbocycles. The van der Waals surface area contributed by atoms with E-state index in [4.69, 9.17) is 4.74 Å². The van der Waals surface area contributed by atoms with Crippen LogP contribution >= 0.6 is 0 Å². The first-order valence-electron chi connectivity index (χ1n) is 10.4. The number of amides is 1. The van der Waals surface area contributed by atoms with Gasteiger partial charge in [-0.3, -0.25) is 19.4 Å². The van der Waals surface area contributed by atoms with Crippen LogP contribution < -0.4 is 10.1 Å². The van der Waals surface area contributed by atoms with Crippen molar-refractivity contribution in [2.24, 2.45) is 0 Å². The summed E-state index contributed by atoms with van der Waals surface area (Å²) >= 11 is 0. The summed E-state index contributed by atoms with van der Waals surface area (Å²) < 4.78 is 5.50. The lowest BCUT2D eigenvalue weighted by molar-refractivity contribution is -0.121. The van der Waals surface area contributed by atoms with Gasteiger partial charge in [0.15, 0.2) is 5.78 Å². The Morgan fingerprint density at radius 2 is 1.83 bits per heavy atom. The van der Waals surface area contributed by atoms with Gasteiger partial charge in [-0.2, -0.15) is 0 Å². The van der Waals surface area contributed by atoms with Crippen LogP contribution in [-0.2, 0) is 11.3 Å². The summed E-state index contributed by atoms with van der Waals surface area (Å²) in [7, 11) is 1.71. The van der Waals surface area contributed by atoms with E-state index in [1.807, 2.05) is 19.1 Å². The molecule has 30 heavy (non-hydrogen) atoms. The van der Waals surface area contributed by atoms with E-state index in [0.29, 0.717) is 11.3 Å². The second-order valence-corrected chi connectivity index (χ2v) is 7.93. The lowest BCUT2D eigenvalue weighted by Crippen LogP contribution is -2.52. The number of piperazine rings is 1. The Morgan fingerprint density at radius 3 is 2.50 bits per heavy atom. The highest BCUT2D eigenvalue weighted by Gasteiger charge is 2.26. The van der Waals surface area contributed by atoms with E-state index in [9.17, 15) is 9.59 Å². The number of ether oxygens (including phenoxy) is 1. The predicted octanol–water partition coefficient (Wildman–Crippen LogP) is 3.35. The topological polar surface area (TPSA) is 61.9 Å². The second kappa shape index (κ2) is 9.87. The minimum absolute atomic E-state index is 0.0134. The van der Waals surface area contributed by atoms with Gasteiger partial charge in [-0.25, -0.2) is 0 Å². The number of anilines is 1. The number of nitrogens with one attached hydrogen (secondary N) is 1. The van der Waals surface area contributed by atoms with Crippen molar-refractivity contribution in [2.75, 3.05) is 38.6 Å². The Morgan fingerprint density at radius 1 is 1.10 bits per heavy atom. The number of nitrogens with zero attached hydrogens (tertiary/aromatic N) is 2. The molecule has 0 saturated carbocycles. The van der Waals surface area contributed by atoms with E-state index in [-0.39, 0.29) is 17.7 Å². The molecule has 1 aliphatic rings. The quantitative estimate of drug-likeness (QED) is 0.711. The number of aryl methyl sites for hydroxylation is 1. The number of hydrogen-bond donors (Lipinski definition) is 1. The number of ketones is 1. The molecule has 6 nitrogen and oxygen atoms in total. The number of carbonyl (C=O) groups is 2. The van der Waals surface area contributed by atoms with E-state index in [1.54, 1.807) is 25.3 Å². The molecule has 160 valence electrons. The third-order valence-corrected chi connectivity index (χ3v) is 5.70. The van der Waals surface area contributed by atoms with Crippen molar-refractivity contribution in [3.05, 3.63) is 59.2 Å². The summed E-state index contributed by atoms with van der Waals surface area (Å²) in [6.45, 7) is 9.85. The van der Waals surface area contributed by atoms with Crippen LogP contribution in [0.3, 0.4) is 0 Å². The van der Waals surface area contributed by atoms with Gasteiger partial charge in [0.05, 0.1) is 13.2 Å². The van der Waals surface area contributed by atoms with Crippen LogP contribution in [0.25, 0.3) is 0 Å².